The first-order valence-electron chi connectivity index (χ1n) is 11.5. The van der Waals surface area contributed by atoms with E-state index in [0.29, 0.717) is 12.8 Å². The lowest BCUT2D eigenvalue weighted by molar-refractivity contribution is -0.161. The van der Waals surface area contributed by atoms with E-state index in [1.54, 1.807) is 25.2 Å². The predicted molar refractivity (Wildman–Crippen MR) is 125 cm³/mol. The second-order valence-electron chi connectivity index (χ2n) is 9.54. The average molecular weight is 462 g/mol. The van der Waals surface area contributed by atoms with Crippen LogP contribution in [0.2, 0.25) is 0 Å². The largest absolute Gasteiger partial charge is 0.457 e. The highest BCUT2D eigenvalue weighted by Gasteiger charge is 2.51. The summed E-state index contributed by atoms with van der Waals surface area (Å²) < 4.78 is 5.77. The summed E-state index contributed by atoms with van der Waals surface area (Å²) >= 11 is 1.56. The van der Waals surface area contributed by atoms with Crippen molar-refractivity contribution in [2.24, 2.45) is 17.3 Å². The lowest BCUT2D eigenvalue weighted by atomic mass is 9.60. The van der Waals surface area contributed by atoms with Crippen molar-refractivity contribution < 1.29 is 24.5 Å². The number of hydrogen-bond donors (Lipinski definition) is 2. The van der Waals surface area contributed by atoms with Gasteiger partial charge in [0.05, 0.1) is 34.7 Å². The molecule has 176 valence electrons. The van der Waals surface area contributed by atoms with Gasteiger partial charge in [-0.2, -0.15) is 0 Å². The number of rotatable bonds is 2. The third-order valence-corrected chi connectivity index (χ3v) is 7.80. The van der Waals surface area contributed by atoms with Crippen LogP contribution in [0.25, 0.3) is 6.08 Å². The zero-order valence-corrected chi connectivity index (χ0v) is 20.2. The van der Waals surface area contributed by atoms with Crippen LogP contribution in [0.5, 0.6) is 0 Å². The molecule has 7 heteroatoms. The topological polar surface area (TPSA) is 96.7 Å². The van der Waals surface area contributed by atoms with Crippen LogP contribution in [0.4, 0.5) is 0 Å². The lowest BCUT2D eigenvalue weighted by Gasteiger charge is -2.45. The normalized spacial score (nSPS) is 36.3. The summed E-state index contributed by atoms with van der Waals surface area (Å²) in [7, 11) is 0. The second-order valence-corrected chi connectivity index (χ2v) is 10.6. The van der Waals surface area contributed by atoms with E-state index in [1.165, 1.54) is 0 Å². The van der Waals surface area contributed by atoms with Crippen LogP contribution in [0.1, 0.15) is 70.0 Å². The van der Waals surface area contributed by atoms with Crippen LogP contribution >= 0.6 is 11.3 Å². The van der Waals surface area contributed by atoms with Gasteiger partial charge in [-0.1, -0.05) is 26.0 Å². The van der Waals surface area contributed by atoms with Crippen molar-refractivity contribution in [3.63, 3.8) is 0 Å². The number of hydrogen-bond acceptors (Lipinski definition) is 7. The summed E-state index contributed by atoms with van der Waals surface area (Å²) in [6.45, 7) is 7.30. The molecule has 3 rings (SSSR count). The third-order valence-electron chi connectivity index (χ3n) is 7.01. The van der Waals surface area contributed by atoms with Crippen molar-refractivity contribution >= 4 is 29.2 Å². The molecular formula is C25H35NO5S. The zero-order valence-electron chi connectivity index (χ0n) is 19.4. The van der Waals surface area contributed by atoms with Crippen LogP contribution in [0.15, 0.2) is 23.1 Å². The molecule has 0 aromatic carbocycles. The van der Waals surface area contributed by atoms with Gasteiger partial charge in [-0.05, 0) is 57.1 Å². The van der Waals surface area contributed by atoms with Gasteiger partial charge in [0, 0.05) is 17.7 Å². The number of allylic oxidation sites excluding steroid dienone is 1. The average Bonchev–Trinajstić information content (AvgIpc) is 3.15. The Kier molecular flexibility index (Phi) is 8.06. The number of fused-ring (bicyclic) bond motifs is 2. The Morgan fingerprint density at radius 3 is 2.75 bits per heavy atom. The smallest absolute Gasteiger partial charge is 0.309 e. The highest BCUT2D eigenvalue weighted by Crippen LogP contribution is 2.44. The minimum absolute atomic E-state index is 0.0748. The van der Waals surface area contributed by atoms with Gasteiger partial charge >= 0.3 is 5.97 Å². The molecule has 1 fully saturated rings. The summed E-state index contributed by atoms with van der Waals surface area (Å²) in [5.41, 5.74) is 0.649. The molecule has 1 aromatic rings. The number of esters is 1. The highest BCUT2D eigenvalue weighted by atomic mass is 32.1. The standard InChI is InChI=1S/C25H35NO5S/c1-15(11-19-14-32-17(3)26-19)20-10-8-6-5-7-9-18-13-25(4,21(27)12-22(28)31-20)24(30)16(2)23(18)29/h6,8,11,14,16,18,20-21,23,27,29H,5,7,9-10,12-13H2,1-4H3/b8-6-,15-11+/t16-,18-,20+,21+,23-,25-/m1/s1. The van der Waals surface area contributed by atoms with Crippen LogP contribution < -0.4 is 0 Å². The number of aliphatic hydroxyl groups excluding tert-OH is 2. The molecule has 1 aliphatic carbocycles. The van der Waals surface area contributed by atoms with Crippen molar-refractivity contribution in [1.29, 1.82) is 0 Å². The predicted octanol–water partition coefficient (Wildman–Crippen LogP) is 4.24. The van der Waals surface area contributed by atoms with Crippen molar-refractivity contribution in [2.75, 3.05) is 0 Å². The summed E-state index contributed by atoms with van der Waals surface area (Å²) in [4.78, 5) is 30.2. The van der Waals surface area contributed by atoms with E-state index in [-0.39, 0.29) is 18.1 Å². The lowest BCUT2D eigenvalue weighted by Crippen LogP contribution is -2.54. The van der Waals surface area contributed by atoms with Gasteiger partial charge in [-0.15, -0.1) is 11.3 Å². The first-order valence-corrected chi connectivity index (χ1v) is 12.3. The Morgan fingerprint density at radius 2 is 2.06 bits per heavy atom. The number of aliphatic hydroxyl groups is 2. The SMILES string of the molecule is C/C(=C\c1csc(C)n1)[C@@H]1C/C=C\CCC[C@@H]2C[C@@](C)(C(=O)[C@H](C)[C@H]2O)[C@@H](O)CC(=O)O1. The number of aryl methyl sites for hydroxylation is 1. The molecule has 1 aliphatic heterocycles. The maximum Gasteiger partial charge on any atom is 0.309 e. The number of ketones is 1. The maximum absolute atomic E-state index is 13.0. The quantitative estimate of drug-likeness (QED) is 0.505. The molecule has 6 atom stereocenters. The van der Waals surface area contributed by atoms with E-state index in [0.717, 1.165) is 35.5 Å². The fraction of sp³-hybridized carbons (Fsp3) is 0.640. The van der Waals surface area contributed by atoms with Crippen molar-refractivity contribution in [3.8, 4) is 0 Å². The molecule has 0 saturated heterocycles. The van der Waals surface area contributed by atoms with Gasteiger partial charge in [0.1, 0.15) is 11.9 Å². The van der Waals surface area contributed by atoms with Crippen molar-refractivity contribution in [1.82, 2.24) is 4.98 Å². The molecule has 6 nitrogen and oxygen atoms in total. The molecule has 0 unspecified atom stereocenters. The molecule has 32 heavy (non-hydrogen) atoms. The van der Waals surface area contributed by atoms with E-state index in [2.05, 4.69) is 11.1 Å². The fourth-order valence-corrected chi connectivity index (χ4v) is 5.52. The van der Waals surface area contributed by atoms with Gasteiger partial charge in [0.15, 0.2) is 0 Å². The fourth-order valence-electron chi connectivity index (χ4n) is 4.95. The number of nitrogens with zero attached hydrogens (tertiary/aromatic N) is 1. The monoisotopic (exact) mass is 461 g/mol. The number of ether oxygens (including phenoxy) is 1. The van der Waals surface area contributed by atoms with E-state index < -0.39 is 35.6 Å². The third kappa shape index (κ3) is 5.56. The summed E-state index contributed by atoms with van der Waals surface area (Å²) in [6, 6.07) is 0. The van der Waals surface area contributed by atoms with Gasteiger partial charge in [0.25, 0.3) is 0 Å². The number of aromatic nitrogens is 1. The van der Waals surface area contributed by atoms with Gasteiger partial charge in [-0.25, -0.2) is 4.98 Å². The van der Waals surface area contributed by atoms with Gasteiger partial charge in [0.2, 0.25) is 0 Å². The van der Waals surface area contributed by atoms with Crippen molar-refractivity contribution in [3.05, 3.63) is 33.8 Å². The van der Waals surface area contributed by atoms with Gasteiger partial charge < -0.3 is 14.9 Å². The Bertz CT molecular complexity index is 891. The molecule has 0 spiro atoms. The number of Topliss-reactive ketones (excluding diaryl/α,β-unsaturated/α-hetero) is 1. The molecule has 2 N–H and O–H groups in total. The minimum Gasteiger partial charge on any atom is -0.457 e. The zero-order chi connectivity index (χ0) is 23.5. The maximum atomic E-state index is 13.0. The number of cyclic esters (lactones) is 1. The second kappa shape index (κ2) is 10.4. The van der Waals surface area contributed by atoms with Crippen molar-refractivity contribution in [2.45, 2.75) is 84.5 Å². The van der Waals surface area contributed by atoms with Crippen LogP contribution in [-0.2, 0) is 14.3 Å². The molecule has 1 saturated carbocycles. The summed E-state index contributed by atoms with van der Waals surface area (Å²) in [5, 5.41) is 24.5. The molecule has 2 aliphatic rings. The van der Waals surface area contributed by atoms with Crippen LogP contribution in [0, 0.1) is 24.2 Å². The first-order chi connectivity index (χ1) is 15.1. The Morgan fingerprint density at radius 1 is 1.31 bits per heavy atom. The number of carbonyl (C=O) groups excluding carboxylic acids is 2. The van der Waals surface area contributed by atoms with Crippen LogP contribution in [-0.4, -0.2) is 45.3 Å². The highest BCUT2D eigenvalue weighted by molar-refractivity contribution is 7.09. The van der Waals surface area contributed by atoms with E-state index >= 15 is 0 Å². The number of carbonyl (C=O) groups is 2. The first kappa shape index (κ1) is 24.8. The molecular weight excluding hydrogens is 426 g/mol. The van der Waals surface area contributed by atoms with E-state index in [4.69, 9.17) is 4.74 Å². The molecule has 0 amide bonds. The minimum atomic E-state index is -1.15. The summed E-state index contributed by atoms with van der Waals surface area (Å²) in [6.07, 6.45) is 6.90. The van der Waals surface area contributed by atoms with E-state index in [9.17, 15) is 19.8 Å². The Balaban J connectivity index is 1.83. The Hall–Kier alpha value is -1.83. The Labute approximate surface area is 194 Å². The summed E-state index contributed by atoms with van der Waals surface area (Å²) in [5.74, 6) is -1.35. The van der Waals surface area contributed by atoms with E-state index in [1.807, 2.05) is 31.4 Å². The molecule has 2 heterocycles. The molecule has 2 bridgehead atoms. The van der Waals surface area contributed by atoms with Gasteiger partial charge in [-0.3, -0.25) is 9.59 Å². The molecule has 1 aromatic heterocycles. The van der Waals surface area contributed by atoms with Crippen LogP contribution in [0.3, 0.4) is 0 Å². The molecule has 0 radical (unpaired) electrons. The number of thiazole rings is 1.